The number of aromatic nitrogens is 1. The van der Waals surface area contributed by atoms with Crippen molar-refractivity contribution in [3.05, 3.63) is 86.0 Å². The molecule has 37 heavy (non-hydrogen) atoms. The predicted molar refractivity (Wildman–Crippen MR) is 138 cm³/mol. The highest BCUT2D eigenvalue weighted by molar-refractivity contribution is 8.18. The Labute approximate surface area is 224 Å². The van der Waals surface area contributed by atoms with Crippen LogP contribution >= 0.6 is 35.0 Å². The van der Waals surface area contributed by atoms with Gasteiger partial charge in [-0.3, -0.25) is 19.3 Å². The lowest BCUT2D eigenvalue weighted by molar-refractivity contribution is -0.137. The molecule has 1 aliphatic rings. The maximum atomic E-state index is 12.9. The average Bonchev–Trinajstić information content (AvgIpc) is 3.24. The van der Waals surface area contributed by atoms with Crippen molar-refractivity contribution in [2.45, 2.75) is 20.0 Å². The van der Waals surface area contributed by atoms with Crippen LogP contribution in [0.3, 0.4) is 0 Å². The summed E-state index contributed by atoms with van der Waals surface area (Å²) in [6.45, 7) is 3.07. The van der Waals surface area contributed by atoms with Crippen molar-refractivity contribution in [1.29, 1.82) is 0 Å². The molecule has 0 bridgehead atoms. The normalized spacial score (nSPS) is 15.1. The topological polar surface area (TPSA) is 71.4 Å². The molecule has 1 aromatic heterocycles. The van der Waals surface area contributed by atoms with Crippen LogP contribution in [0.4, 0.5) is 23.7 Å². The zero-order chi connectivity index (χ0) is 27.1. The zero-order valence-electron chi connectivity index (χ0n) is 19.3. The Kier molecular flexibility index (Phi) is 7.45. The van der Waals surface area contributed by atoms with E-state index in [1.54, 1.807) is 24.3 Å². The molecule has 0 atom stereocenters. The molecule has 192 valence electrons. The number of rotatable bonds is 5. The number of amides is 3. The van der Waals surface area contributed by atoms with Gasteiger partial charge in [0.05, 0.1) is 20.5 Å². The molecule has 0 unspecified atom stereocenters. The third kappa shape index (κ3) is 5.71. The summed E-state index contributed by atoms with van der Waals surface area (Å²) in [5.41, 5.74) is 2.05. The second kappa shape index (κ2) is 10.3. The van der Waals surface area contributed by atoms with E-state index < -0.39 is 35.3 Å². The van der Waals surface area contributed by atoms with E-state index in [0.717, 1.165) is 40.2 Å². The van der Waals surface area contributed by atoms with Gasteiger partial charge in [-0.15, -0.1) is 0 Å². The summed E-state index contributed by atoms with van der Waals surface area (Å²) in [5.74, 6) is -1.48. The first-order valence-electron chi connectivity index (χ1n) is 10.7. The molecule has 1 saturated heterocycles. The van der Waals surface area contributed by atoms with Crippen molar-refractivity contribution < 1.29 is 27.6 Å². The number of aryl methyl sites for hydroxylation is 1. The monoisotopic (exact) mass is 567 g/mol. The van der Waals surface area contributed by atoms with Gasteiger partial charge in [0.25, 0.3) is 11.1 Å². The Morgan fingerprint density at radius 3 is 2.46 bits per heavy atom. The fourth-order valence-electron chi connectivity index (χ4n) is 3.85. The number of imide groups is 1. The van der Waals surface area contributed by atoms with E-state index in [1.165, 1.54) is 6.07 Å². The summed E-state index contributed by atoms with van der Waals surface area (Å²) in [6.07, 6.45) is -3.01. The van der Waals surface area contributed by atoms with Crippen molar-refractivity contribution in [1.82, 2.24) is 9.47 Å². The number of halogens is 5. The van der Waals surface area contributed by atoms with E-state index in [4.69, 9.17) is 23.2 Å². The SMILES string of the molecule is Cc1cc(/C=C2\SC(=O)N(CC(=O)Nc3cccc(C(F)(F)F)c3)C2=O)c(C)n1-c1ccc(Cl)c(Cl)c1. The van der Waals surface area contributed by atoms with Crippen molar-refractivity contribution in [2.75, 3.05) is 11.9 Å². The van der Waals surface area contributed by atoms with Crippen LogP contribution in [-0.4, -0.2) is 33.1 Å². The third-order valence-electron chi connectivity index (χ3n) is 5.57. The van der Waals surface area contributed by atoms with Gasteiger partial charge in [-0.05, 0) is 79.7 Å². The van der Waals surface area contributed by atoms with Crippen LogP contribution in [0.2, 0.25) is 10.0 Å². The number of anilines is 1. The Morgan fingerprint density at radius 1 is 1.05 bits per heavy atom. The number of benzene rings is 2. The van der Waals surface area contributed by atoms with Crippen LogP contribution in [-0.2, 0) is 15.8 Å². The highest BCUT2D eigenvalue weighted by Crippen LogP contribution is 2.35. The summed E-state index contributed by atoms with van der Waals surface area (Å²) >= 11 is 12.8. The molecule has 3 aromatic rings. The maximum Gasteiger partial charge on any atom is 0.416 e. The fourth-order valence-corrected chi connectivity index (χ4v) is 4.97. The largest absolute Gasteiger partial charge is 0.416 e. The highest BCUT2D eigenvalue weighted by Gasteiger charge is 2.37. The molecule has 1 fully saturated rings. The summed E-state index contributed by atoms with van der Waals surface area (Å²) < 4.78 is 40.6. The molecule has 1 aliphatic heterocycles. The molecule has 4 rings (SSSR count). The molecule has 1 N–H and O–H groups in total. The molecule has 0 aliphatic carbocycles. The number of nitrogens with zero attached hydrogens (tertiary/aromatic N) is 2. The van der Waals surface area contributed by atoms with Gasteiger partial charge in [-0.25, -0.2) is 0 Å². The lowest BCUT2D eigenvalue weighted by Crippen LogP contribution is -2.36. The number of hydrogen-bond acceptors (Lipinski definition) is 4. The number of alkyl halides is 3. The van der Waals surface area contributed by atoms with E-state index in [-0.39, 0.29) is 10.6 Å². The molecule has 2 aromatic carbocycles. The molecular weight excluding hydrogens is 550 g/mol. The van der Waals surface area contributed by atoms with Crippen molar-refractivity contribution in [2.24, 2.45) is 0 Å². The molecule has 0 spiro atoms. The van der Waals surface area contributed by atoms with Gasteiger partial charge in [0.15, 0.2) is 0 Å². The number of carbonyl (C=O) groups excluding carboxylic acids is 3. The zero-order valence-corrected chi connectivity index (χ0v) is 21.6. The van der Waals surface area contributed by atoms with Gasteiger partial charge in [-0.1, -0.05) is 29.3 Å². The Bertz CT molecular complexity index is 1470. The van der Waals surface area contributed by atoms with E-state index in [0.29, 0.717) is 27.4 Å². The van der Waals surface area contributed by atoms with Gasteiger partial charge in [0.1, 0.15) is 6.54 Å². The van der Waals surface area contributed by atoms with Crippen molar-refractivity contribution in [3.8, 4) is 5.69 Å². The summed E-state index contributed by atoms with van der Waals surface area (Å²) in [6, 6.07) is 11.1. The van der Waals surface area contributed by atoms with Crippen molar-refractivity contribution >= 4 is 63.8 Å². The second-order valence-corrected chi connectivity index (χ2v) is 9.96. The number of nitrogens with one attached hydrogen (secondary N) is 1. The predicted octanol–water partition coefficient (Wildman–Crippen LogP) is 7.09. The van der Waals surface area contributed by atoms with Gasteiger partial charge in [-0.2, -0.15) is 13.2 Å². The van der Waals surface area contributed by atoms with Gasteiger partial charge in [0, 0.05) is 22.8 Å². The Balaban J connectivity index is 1.51. The lowest BCUT2D eigenvalue weighted by atomic mass is 10.2. The minimum absolute atomic E-state index is 0.0999. The van der Waals surface area contributed by atoms with Gasteiger partial charge < -0.3 is 9.88 Å². The standard InChI is InChI=1S/C25H18Cl2F3N3O3S/c1-13-8-15(14(2)33(13)18-6-7-19(26)20(27)11-18)9-21-23(35)32(24(36)37-21)12-22(34)31-17-5-3-4-16(10-17)25(28,29)30/h3-11H,12H2,1-2H3,(H,31,34)/b21-9-. The quantitative estimate of drug-likeness (QED) is 0.334. The number of carbonyl (C=O) groups is 3. The van der Waals surface area contributed by atoms with Crippen molar-refractivity contribution in [3.63, 3.8) is 0 Å². The van der Waals surface area contributed by atoms with Crippen LogP contribution in [0.5, 0.6) is 0 Å². The summed E-state index contributed by atoms with van der Waals surface area (Å²) in [4.78, 5) is 38.6. The molecule has 0 radical (unpaired) electrons. The molecule has 6 nitrogen and oxygen atoms in total. The van der Waals surface area contributed by atoms with E-state index in [2.05, 4.69) is 5.32 Å². The first-order chi connectivity index (χ1) is 17.3. The number of hydrogen-bond donors (Lipinski definition) is 1. The Hall–Kier alpha value is -3.21. The van der Waals surface area contributed by atoms with Crippen LogP contribution in [0, 0.1) is 13.8 Å². The molecule has 0 saturated carbocycles. The Morgan fingerprint density at radius 2 is 1.78 bits per heavy atom. The van der Waals surface area contributed by atoms with Gasteiger partial charge >= 0.3 is 6.18 Å². The first kappa shape index (κ1) is 26.8. The van der Waals surface area contributed by atoms with E-state index >= 15 is 0 Å². The van der Waals surface area contributed by atoms with Crippen LogP contribution < -0.4 is 5.32 Å². The molecule has 3 amide bonds. The minimum Gasteiger partial charge on any atom is -0.325 e. The van der Waals surface area contributed by atoms with Crippen LogP contribution in [0.25, 0.3) is 11.8 Å². The third-order valence-corrected chi connectivity index (χ3v) is 7.21. The molecule has 12 heteroatoms. The summed E-state index contributed by atoms with van der Waals surface area (Å²) in [7, 11) is 0. The molecular formula is C25H18Cl2F3N3O3S. The van der Waals surface area contributed by atoms with Gasteiger partial charge in [0.2, 0.25) is 5.91 Å². The highest BCUT2D eigenvalue weighted by atomic mass is 35.5. The summed E-state index contributed by atoms with van der Waals surface area (Å²) in [5, 5.41) is 2.44. The second-order valence-electron chi connectivity index (χ2n) is 8.15. The molecule has 2 heterocycles. The van der Waals surface area contributed by atoms with Crippen LogP contribution in [0.1, 0.15) is 22.5 Å². The maximum absolute atomic E-state index is 12.9. The van der Waals surface area contributed by atoms with E-state index in [1.807, 2.05) is 24.5 Å². The van der Waals surface area contributed by atoms with Crippen LogP contribution in [0.15, 0.2) is 53.4 Å². The smallest absolute Gasteiger partial charge is 0.325 e. The number of thioether (sulfide) groups is 1. The minimum atomic E-state index is -4.58. The average molecular weight is 568 g/mol. The lowest BCUT2D eigenvalue weighted by Gasteiger charge is -2.13. The van der Waals surface area contributed by atoms with E-state index in [9.17, 15) is 27.6 Å². The fraction of sp³-hybridized carbons (Fsp3) is 0.160. The first-order valence-corrected chi connectivity index (χ1v) is 12.3.